The summed E-state index contributed by atoms with van der Waals surface area (Å²) in [7, 11) is 0. The lowest BCUT2D eigenvalue weighted by Crippen LogP contribution is -2.61. The molecular weight excluding hydrogens is 351 g/mol. The van der Waals surface area contributed by atoms with Crippen molar-refractivity contribution < 1.29 is 53.8 Å². The Bertz CT molecular complexity index is 497. The van der Waals surface area contributed by atoms with Gasteiger partial charge in [-0.2, -0.15) is 39.5 Å². The molecule has 3 nitrogen and oxygen atoms in total. The third-order valence-electron chi connectivity index (χ3n) is 3.25. The molecule has 1 fully saturated rings. The van der Waals surface area contributed by atoms with Crippen LogP contribution in [0.5, 0.6) is 0 Å². The van der Waals surface area contributed by atoms with Crippen molar-refractivity contribution in [2.75, 3.05) is 0 Å². The third-order valence-corrected chi connectivity index (χ3v) is 3.25. The smallest absolute Gasteiger partial charge is 0.460 e. The van der Waals surface area contributed by atoms with Crippen LogP contribution in [0, 0.1) is 5.92 Å². The number of carbonyl (C=O) groups excluding carboxylic acids is 2. The maximum atomic E-state index is 13.3. The highest BCUT2D eigenvalue weighted by molar-refractivity contribution is 5.98. The average Bonchev–Trinajstić information content (AvgIpc) is 2.67. The first-order chi connectivity index (χ1) is 10.0. The number of ketones is 1. The van der Waals surface area contributed by atoms with Crippen molar-refractivity contribution in [1.29, 1.82) is 0 Å². The lowest BCUT2D eigenvalue weighted by Gasteiger charge is -2.34. The van der Waals surface area contributed by atoms with Crippen molar-refractivity contribution in [3.05, 3.63) is 0 Å². The van der Waals surface area contributed by atoms with Crippen LogP contribution < -0.4 is 0 Å². The standard InChI is InChI=1S/C11H9F9O3/c1-4(21)6-2-5(23-7(6)22)3-8(12,13)9(14,15)10(16,17)11(18,19)20/h5-6H,2-3H2,1H3. The minimum Gasteiger partial charge on any atom is -0.462 e. The molecule has 1 aliphatic rings. The van der Waals surface area contributed by atoms with E-state index in [0.29, 0.717) is 0 Å². The topological polar surface area (TPSA) is 43.4 Å². The van der Waals surface area contributed by atoms with Gasteiger partial charge in [0.2, 0.25) is 0 Å². The molecule has 23 heavy (non-hydrogen) atoms. The number of hydrogen-bond acceptors (Lipinski definition) is 3. The van der Waals surface area contributed by atoms with Gasteiger partial charge in [0.1, 0.15) is 17.8 Å². The molecule has 2 unspecified atom stereocenters. The normalized spacial score (nSPS) is 23.8. The van der Waals surface area contributed by atoms with Gasteiger partial charge in [0.15, 0.2) is 0 Å². The van der Waals surface area contributed by atoms with Crippen molar-refractivity contribution in [3.8, 4) is 0 Å². The first-order valence-electron chi connectivity index (χ1n) is 5.95. The summed E-state index contributed by atoms with van der Waals surface area (Å²) in [4.78, 5) is 22.1. The van der Waals surface area contributed by atoms with Gasteiger partial charge in [0, 0.05) is 6.42 Å². The van der Waals surface area contributed by atoms with E-state index in [0.717, 1.165) is 6.92 Å². The van der Waals surface area contributed by atoms with Crippen LogP contribution in [0.2, 0.25) is 0 Å². The van der Waals surface area contributed by atoms with Gasteiger partial charge in [-0.1, -0.05) is 0 Å². The maximum Gasteiger partial charge on any atom is 0.460 e. The van der Waals surface area contributed by atoms with E-state index < -0.39 is 60.6 Å². The Morgan fingerprint density at radius 1 is 1.04 bits per heavy atom. The summed E-state index contributed by atoms with van der Waals surface area (Å²) in [5.41, 5.74) is 0. The SMILES string of the molecule is CC(=O)C1CC(CC(F)(F)C(F)(F)C(F)(F)C(F)(F)F)OC1=O. The van der Waals surface area contributed by atoms with Gasteiger partial charge in [0.05, 0.1) is 6.42 Å². The first-order valence-corrected chi connectivity index (χ1v) is 5.95. The Morgan fingerprint density at radius 2 is 1.52 bits per heavy atom. The van der Waals surface area contributed by atoms with Gasteiger partial charge >= 0.3 is 29.9 Å². The summed E-state index contributed by atoms with van der Waals surface area (Å²) in [5, 5.41) is 0. The summed E-state index contributed by atoms with van der Waals surface area (Å²) in [6.45, 7) is 0.874. The molecule has 1 rings (SSSR count). The predicted octanol–water partition coefficient (Wildman–Crippen LogP) is 3.37. The number of cyclic esters (lactones) is 1. The van der Waals surface area contributed by atoms with Gasteiger partial charge in [-0.05, 0) is 6.92 Å². The fourth-order valence-electron chi connectivity index (χ4n) is 1.93. The predicted molar refractivity (Wildman–Crippen MR) is 54.2 cm³/mol. The second-order valence-electron chi connectivity index (χ2n) is 5.01. The molecule has 134 valence electrons. The van der Waals surface area contributed by atoms with Crippen LogP contribution in [0.3, 0.4) is 0 Å². The first kappa shape index (κ1) is 19.6. The Labute approximate surface area is 122 Å². The number of ether oxygens (including phenoxy) is 1. The van der Waals surface area contributed by atoms with Crippen molar-refractivity contribution in [3.63, 3.8) is 0 Å². The minimum absolute atomic E-state index is 0.808. The number of Topliss-reactive ketones (excluding diaryl/α,β-unsaturated/α-hetero) is 1. The molecule has 12 heteroatoms. The highest BCUT2D eigenvalue weighted by Crippen LogP contribution is 2.54. The van der Waals surface area contributed by atoms with E-state index in [9.17, 15) is 49.1 Å². The number of halogens is 9. The Kier molecular flexibility index (Phi) is 4.72. The molecular formula is C11H9F9O3. The zero-order valence-electron chi connectivity index (χ0n) is 11.2. The average molecular weight is 360 g/mol. The monoisotopic (exact) mass is 360 g/mol. The molecule has 0 N–H and O–H groups in total. The van der Waals surface area contributed by atoms with Gasteiger partial charge in [-0.3, -0.25) is 9.59 Å². The van der Waals surface area contributed by atoms with Crippen LogP contribution in [0.25, 0.3) is 0 Å². The van der Waals surface area contributed by atoms with Gasteiger partial charge in [-0.25, -0.2) is 0 Å². The zero-order chi connectivity index (χ0) is 18.4. The summed E-state index contributed by atoms with van der Waals surface area (Å²) in [6, 6.07) is 0. The van der Waals surface area contributed by atoms with E-state index in [2.05, 4.69) is 4.74 Å². The Balaban J connectivity index is 2.99. The zero-order valence-corrected chi connectivity index (χ0v) is 11.2. The van der Waals surface area contributed by atoms with Crippen molar-refractivity contribution in [2.24, 2.45) is 5.92 Å². The molecule has 0 radical (unpaired) electrons. The fourth-order valence-corrected chi connectivity index (χ4v) is 1.93. The van der Waals surface area contributed by atoms with Crippen LogP contribution in [0.4, 0.5) is 39.5 Å². The molecule has 0 amide bonds. The maximum absolute atomic E-state index is 13.3. The van der Waals surface area contributed by atoms with E-state index >= 15 is 0 Å². The Hall–Kier alpha value is -1.49. The highest BCUT2D eigenvalue weighted by Gasteiger charge is 2.81. The van der Waals surface area contributed by atoms with Gasteiger partial charge < -0.3 is 4.74 Å². The van der Waals surface area contributed by atoms with E-state index in [1.165, 1.54) is 0 Å². The van der Waals surface area contributed by atoms with Crippen molar-refractivity contribution in [1.82, 2.24) is 0 Å². The molecule has 1 aliphatic heterocycles. The van der Waals surface area contributed by atoms with E-state index in [-0.39, 0.29) is 0 Å². The quantitative estimate of drug-likeness (QED) is 0.429. The minimum atomic E-state index is -6.99. The molecule has 0 bridgehead atoms. The molecule has 0 aromatic heterocycles. The van der Waals surface area contributed by atoms with Crippen molar-refractivity contribution in [2.45, 2.75) is 49.8 Å². The Morgan fingerprint density at radius 3 is 1.87 bits per heavy atom. The molecule has 1 saturated heterocycles. The lowest BCUT2D eigenvalue weighted by molar-refractivity contribution is -0.398. The molecule has 0 saturated carbocycles. The highest BCUT2D eigenvalue weighted by atomic mass is 19.4. The molecule has 1 heterocycles. The van der Waals surface area contributed by atoms with Crippen LogP contribution in [0.1, 0.15) is 19.8 Å². The molecule has 0 aromatic rings. The molecule has 0 aromatic carbocycles. The molecule has 0 aliphatic carbocycles. The number of carbonyl (C=O) groups is 2. The number of esters is 1. The second-order valence-corrected chi connectivity index (χ2v) is 5.01. The lowest BCUT2D eigenvalue weighted by atomic mass is 9.94. The second kappa shape index (κ2) is 5.55. The number of rotatable bonds is 5. The van der Waals surface area contributed by atoms with Crippen LogP contribution in [-0.2, 0) is 14.3 Å². The van der Waals surface area contributed by atoms with E-state index in [4.69, 9.17) is 0 Å². The van der Waals surface area contributed by atoms with Crippen molar-refractivity contribution >= 4 is 11.8 Å². The van der Waals surface area contributed by atoms with Crippen LogP contribution >= 0.6 is 0 Å². The summed E-state index contributed by atoms with van der Waals surface area (Å²) in [5.74, 6) is -23.3. The largest absolute Gasteiger partial charge is 0.462 e. The summed E-state index contributed by atoms with van der Waals surface area (Å²) >= 11 is 0. The number of hydrogen-bond donors (Lipinski definition) is 0. The molecule has 0 spiro atoms. The third kappa shape index (κ3) is 3.25. The molecule has 2 atom stereocenters. The van der Waals surface area contributed by atoms with Crippen LogP contribution in [0.15, 0.2) is 0 Å². The van der Waals surface area contributed by atoms with E-state index in [1.807, 2.05) is 0 Å². The van der Waals surface area contributed by atoms with Crippen LogP contribution in [-0.4, -0.2) is 41.8 Å². The van der Waals surface area contributed by atoms with Gasteiger partial charge in [0.25, 0.3) is 0 Å². The van der Waals surface area contributed by atoms with E-state index in [1.54, 1.807) is 0 Å². The number of alkyl halides is 9. The van der Waals surface area contributed by atoms with Gasteiger partial charge in [-0.15, -0.1) is 0 Å². The fraction of sp³-hybridized carbons (Fsp3) is 0.818. The summed E-state index contributed by atoms with van der Waals surface area (Å²) < 4.78 is 118. The summed E-state index contributed by atoms with van der Waals surface area (Å²) in [6.07, 6.45) is -12.1.